The fourth-order valence-electron chi connectivity index (χ4n) is 4.98. The highest BCUT2D eigenvalue weighted by Gasteiger charge is 2.34. The maximum Gasteiger partial charge on any atom is 0.573 e. The normalized spacial score (nSPS) is 23.9. The summed E-state index contributed by atoms with van der Waals surface area (Å²) in [7, 11) is 0. The summed E-state index contributed by atoms with van der Waals surface area (Å²) < 4.78 is 68.1. The van der Waals surface area contributed by atoms with Gasteiger partial charge in [-0.15, -0.1) is 13.2 Å². The molecular formula is C22H29F5O. The summed E-state index contributed by atoms with van der Waals surface area (Å²) in [6.45, 7) is 0. The van der Waals surface area contributed by atoms with E-state index >= 15 is 0 Å². The van der Waals surface area contributed by atoms with Crippen molar-refractivity contribution in [3.05, 3.63) is 29.3 Å². The Morgan fingerprint density at radius 2 is 1.29 bits per heavy atom. The molecule has 2 aliphatic rings. The smallest absolute Gasteiger partial charge is 0.399 e. The second-order valence-corrected chi connectivity index (χ2v) is 8.51. The van der Waals surface area contributed by atoms with E-state index in [1.165, 1.54) is 51.4 Å². The fraction of sp³-hybridized carbons (Fsp3) is 0.727. The highest BCUT2D eigenvalue weighted by Crippen LogP contribution is 2.40. The standard InChI is InChI=1S/C22H29F5O/c23-19-13-18(14-20(24)21(19)28-22(25,26)27)17-11-9-16(10-12-17)8-4-3-7-15-5-1-2-6-15/h13-17H,1-12H2. The minimum atomic E-state index is -5.11. The average Bonchev–Trinajstić information content (AvgIpc) is 3.15. The molecule has 2 fully saturated rings. The van der Waals surface area contributed by atoms with Gasteiger partial charge in [0.1, 0.15) is 0 Å². The van der Waals surface area contributed by atoms with E-state index in [0.29, 0.717) is 11.5 Å². The predicted molar refractivity (Wildman–Crippen MR) is 98.2 cm³/mol. The lowest BCUT2D eigenvalue weighted by Crippen LogP contribution is -2.19. The van der Waals surface area contributed by atoms with Gasteiger partial charge < -0.3 is 4.74 Å². The molecule has 6 heteroatoms. The van der Waals surface area contributed by atoms with Crippen LogP contribution in [0.1, 0.15) is 88.5 Å². The van der Waals surface area contributed by atoms with Gasteiger partial charge >= 0.3 is 6.36 Å². The van der Waals surface area contributed by atoms with E-state index in [0.717, 1.165) is 43.7 Å². The number of halogens is 5. The lowest BCUT2D eigenvalue weighted by molar-refractivity contribution is -0.276. The predicted octanol–water partition coefficient (Wildman–Crippen LogP) is 7.89. The lowest BCUT2D eigenvalue weighted by atomic mass is 9.77. The summed E-state index contributed by atoms with van der Waals surface area (Å²) in [5, 5.41) is 0. The molecule has 0 aliphatic heterocycles. The highest BCUT2D eigenvalue weighted by molar-refractivity contribution is 5.33. The maximum absolute atomic E-state index is 13.9. The molecule has 0 heterocycles. The molecule has 2 aliphatic carbocycles. The third kappa shape index (κ3) is 6.08. The molecule has 0 N–H and O–H groups in total. The number of ether oxygens (including phenoxy) is 1. The summed E-state index contributed by atoms with van der Waals surface area (Å²) in [4.78, 5) is 0. The second kappa shape index (κ2) is 9.45. The van der Waals surface area contributed by atoms with Gasteiger partial charge in [0.05, 0.1) is 0 Å². The summed E-state index contributed by atoms with van der Waals surface area (Å²) in [5.41, 5.74) is 0.434. The molecule has 2 saturated carbocycles. The molecule has 28 heavy (non-hydrogen) atoms. The van der Waals surface area contributed by atoms with E-state index in [2.05, 4.69) is 4.74 Å². The van der Waals surface area contributed by atoms with E-state index in [1.54, 1.807) is 0 Å². The Kier molecular flexibility index (Phi) is 7.21. The van der Waals surface area contributed by atoms with Crippen LogP contribution in [-0.2, 0) is 0 Å². The number of hydrogen-bond donors (Lipinski definition) is 0. The van der Waals surface area contributed by atoms with E-state index < -0.39 is 23.7 Å². The van der Waals surface area contributed by atoms with Crippen molar-refractivity contribution in [2.75, 3.05) is 0 Å². The molecule has 0 radical (unpaired) electrons. The van der Waals surface area contributed by atoms with E-state index in [4.69, 9.17) is 0 Å². The molecule has 1 nitrogen and oxygen atoms in total. The second-order valence-electron chi connectivity index (χ2n) is 8.51. The van der Waals surface area contributed by atoms with Gasteiger partial charge in [0.2, 0.25) is 5.75 Å². The van der Waals surface area contributed by atoms with Gasteiger partial charge in [-0.05, 0) is 61.1 Å². The number of benzene rings is 1. The zero-order valence-electron chi connectivity index (χ0n) is 16.2. The van der Waals surface area contributed by atoms with Gasteiger partial charge in [-0.1, -0.05) is 51.4 Å². The van der Waals surface area contributed by atoms with Gasteiger partial charge in [-0.3, -0.25) is 0 Å². The molecule has 0 amide bonds. The summed E-state index contributed by atoms with van der Waals surface area (Å²) in [6, 6.07) is 1.99. The molecule has 0 unspecified atom stereocenters. The third-order valence-corrected chi connectivity index (χ3v) is 6.51. The van der Waals surface area contributed by atoms with Crippen LogP contribution in [-0.4, -0.2) is 6.36 Å². The van der Waals surface area contributed by atoms with Crippen molar-refractivity contribution in [1.29, 1.82) is 0 Å². The average molecular weight is 404 g/mol. The zero-order valence-corrected chi connectivity index (χ0v) is 16.2. The highest BCUT2D eigenvalue weighted by atomic mass is 19.4. The van der Waals surface area contributed by atoms with Gasteiger partial charge in [0.25, 0.3) is 0 Å². The van der Waals surface area contributed by atoms with E-state index in [-0.39, 0.29) is 5.92 Å². The van der Waals surface area contributed by atoms with E-state index in [9.17, 15) is 22.0 Å². The van der Waals surface area contributed by atoms with Crippen molar-refractivity contribution in [2.24, 2.45) is 11.8 Å². The number of rotatable bonds is 7. The molecular weight excluding hydrogens is 375 g/mol. The maximum atomic E-state index is 13.9. The van der Waals surface area contributed by atoms with Crippen LogP contribution in [0.25, 0.3) is 0 Å². The Morgan fingerprint density at radius 1 is 0.786 bits per heavy atom. The Morgan fingerprint density at radius 3 is 1.79 bits per heavy atom. The zero-order chi connectivity index (χ0) is 20.1. The van der Waals surface area contributed by atoms with Crippen LogP contribution >= 0.6 is 0 Å². The first-order valence-corrected chi connectivity index (χ1v) is 10.6. The summed E-state index contributed by atoms with van der Waals surface area (Å²) in [5.74, 6) is -2.36. The lowest BCUT2D eigenvalue weighted by Gasteiger charge is -2.29. The van der Waals surface area contributed by atoms with E-state index in [1.807, 2.05) is 0 Å². The number of alkyl halides is 3. The van der Waals surface area contributed by atoms with Crippen LogP contribution in [0.3, 0.4) is 0 Å². The topological polar surface area (TPSA) is 9.23 Å². The molecule has 1 aromatic carbocycles. The monoisotopic (exact) mass is 404 g/mol. The van der Waals surface area contributed by atoms with Crippen LogP contribution in [0, 0.1) is 23.5 Å². The van der Waals surface area contributed by atoms with Gasteiger partial charge in [0.15, 0.2) is 11.6 Å². The first-order valence-electron chi connectivity index (χ1n) is 10.6. The summed E-state index contributed by atoms with van der Waals surface area (Å²) in [6.07, 6.45) is 9.22. The van der Waals surface area contributed by atoms with Crippen molar-refractivity contribution in [2.45, 2.75) is 89.3 Å². The minimum absolute atomic E-state index is 0.00123. The van der Waals surface area contributed by atoms with Gasteiger partial charge in [-0.25, -0.2) is 8.78 Å². The molecule has 0 spiro atoms. The van der Waals surface area contributed by atoms with Crippen LogP contribution in [0.15, 0.2) is 12.1 Å². The van der Waals surface area contributed by atoms with Gasteiger partial charge in [0, 0.05) is 0 Å². The molecule has 0 bridgehead atoms. The molecule has 158 valence electrons. The molecule has 0 aromatic heterocycles. The SMILES string of the molecule is Fc1cc(C2CCC(CCCCC3CCCC3)CC2)cc(F)c1OC(F)(F)F. The molecule has 0 atom stereocenters. The first kappa shape index (κ1) is 21.4. The number of hydrogen-bond acceptors (Lipinski definition) is 1. The van der Waals surface area contributed by atoms with Crippen LogP contribution < -0.4 is 4.74 Å². The van der Waals surface area contributed by atoms with Crippen molar-refractivity contribution in [3.8, 4) is 5.75 Å². The Labute approximate surface area is 163 Å². The van der Waals surface area contributed by atoms with Crippen molar-refractivity contribution in [1.82, 2.24) is 0 Å². The minimum Gasteiger partial charge on any atom is -0.399 e. The largest absolute Gasteiger partial charge is 0.573 e. The molecule has 3 rings (SSSR count). The van der Waals surface area contributed by atoms with Crippen LogP contribution in [0.4, 0.5) is 22.0 Å². The van der Waals surface area contributed by atoms with Crippen molar-refractivity contribution < 1.29 is 26.7 Å². The summed E-state index contributed by atoms with van der Waals surface area (Å²) >= 11 is 0. The molecule has 1 aromatic rings. The van der Waals surface area contributed by atoms with Crippen molar-refractivity contribution >= 4 is 0 Å². The van der Waals surface area contributed by atoms with Crippen molar-refractivity contribution in [3.63, 3.8) is 0 Å². The van der Waals surface area contributed by atoms with Crippen LogP contribution in [0.2, 0.25) is 0 Å². The molecule has 0 saturated heterocycles. The van der Waals surface area contributed by atoms with Crippen LogP contribution in [0.5, 0.6) is 5.75 Å². The van der Waals surface area contributed by atoms with Gasteiger partial charge in [-0.2, -0.15) is 0 Å². The Bertz CT molecular complexity index is 605. The third-order valence-electron chi connectivity index (χ3n) is 6.51. The first-order chi connectivity index (χ1) is 13.3. The number of unbranched alkanes of at least 4 members (excludes halogenated alkanes) is 1. The Balaban J connectivity index is 1.45. The Hall–Kier alpha value is -1.33. The quantitative estimate of drug-likeness (QED) is 0.332. The fourth-order valence-corrected chi connectivity index (χ4v) is 4.98.